The Morgan fingerprint density at radius 3 is 2.00 bits per heavy atom. The van der Waals surface area contributed by atoms with Crippen LogP contribution in [-0.4, -0.2) is 5.78 Å². The van der Waals surface area contributed by atoms with Gasteiger partial charge in [0.1, 0.15) is 0 Å². The van der Waals surface area contributed by atoms with Gasteiger partial charge in [0.05, 0.1) is 0 Å². The molecule has 0 fully saturated rings. The van der Waals surface area contributed by atoms with E-state index >= 15 is 0 Å². The van der Waals surface area contributed by atoms with Crippen molar-refractivity contribution >= 4 is 5.78 Å². The van der Waals surface area contributed by atoms with Gasteiger partial charge in [-0.25, -0.2) is 0 Å². The number of hydrogen-bond donors (Lipinski definition) is 0. The summed E-state index contributed by atoms with van der Waals surface area (Å²) in [6.07, 6.45) is 13.4. The second-order valence-electron chi connectivity index (χ2n) is 4.98. The van der Waals surface area contributed by atoms with Crippen LogP contribution in [0.3, 0.4) is 0 Å². The highest BCUT2D eigenvalue weighted by Crippen LogP contribution is 2.30. The predicted molar refractivity (Wildman–Crippen MR) is 62.8 cm³/mol. The maximum atomic E-state index is 11.8. The molecule has 2 rings (SSSR count). The molecule has 0 saturated heterocycles. The lowest BCUT2D eigenvalue weighted by atomic mass is 9.84. The standard InChI is InChI=1S/C14H22O/c15-14-11-7-9-12-8-5-3-1-2-4-6-10-13(12)14/h1-11H2. The first-order chi connectivity index (χ1) is 7.38. The predicted octanol–water partition coefficient (Wildman–Crippen LogP) is 4.17. The van der Waals surface area contributed by atoms with Crippen LogP contribution in [0.2, 0.25) is 0 Å². The Hall–Kier alpha value is -0.590. The number of allylic oxidation sites excluding steroid dienone is 2. The van der Waals surface area contributed by atoms with Crippen molar-refractivity contribution in [3.05, 3.63) is 11.1 Å². The number of hydrogen-bond acceptors (Lipinski definition) is 1. The van der Waals surface area contributed by atoms with E-state index in [1.165, 1.54) is 62.5 Å². The average molecular weight is 206 g/mol. The summed E-state index contributed by atoms with van der Waals surface area (Å²) in [6, 6.07) is 0. The third-order valence-electron chi connectivity index (χ3n) is 3.80. The Kier molecular flexibility index (Phi) is 3.99. The molecule has 0 atom stereocenters. The molecule has 1 heteroatoms. The van der Waals surface area contributed by atoms with Crippen LogP contribution in [0.4, 0.5) is 0 Å². The SMILES string of the molecule is O=C1CCCC2=C1CCCCCCCC2. The zero-order chi connectivity index (χ0) is 10.5. The van der Waals surface area contributed by atoms with Gasteiger partial charge in [-0.2, -0.15) is 0 Å². The molecular weight excluding hydrogens is 184 g/mol. The molecular formula is C14H22O. The van der Waals surface area contributed by atoms with Gasteiger partial charge in [-0.3, -0.25) is 4.79 Å². The minimum atomic E-state index is 0.469. The molecule has 0 aromatic carbocycles. The van der Waals surface area contributed by atoms with Gasteiger partial charge in [0.25, 0.3) is 0 Å². The van der Waals surface area contributed by atoms with Crippen LogP contribution in [0.25, 0.3) is 0 Å². The molecule has 0 N–H and O–H groups in total. The number of rotatable bonds is 0. The van der Waals surface area contributed by atoms with Gasteiger partial charge in [-0.1, -0.05) is 31.3 Å². The van der Waals surface area contributed by atoms with Crippen LogP contribution >= 0.6 is 0 Å². The number of carbonyl (C=O) groups excluding carboxylic acids is 1. The second kappa shape index (κ2) is 5.48. The Bertz CT molecular complexity index is 263. The van der Waals surface area contributed by atoms with Gasteiger partial charge in [-0.05, 0) is 44.1 Å². The number of carbonyl (C=O) groups is 1. The van der Waals surface area contributed by atoms with Crippen molar-refractivity contribution in [2.24, 2.45) is 0 Å². The van der Waals surface area contributed by atoms with E-state index in [2.05, 4.69) is 0 Å². The third kappa shape index (κ3) is 2.93. The first-order valence-electron chi connectivity index (χ1n) is 6.62. The lowest BCUT2D eigenvalue weighted by Crippen LogP contribution is -2.12. The molecule has 0 aromatic rings. The first-order valence-corrected chi connectivity index (χ1v) is 6.62. The quantitative estimate of drug-likeness (QED) is 0.581. The first kappa shape index (κ1) is 10.9. The summed E-state index contributed by atoms with van der Waals surface area (Å²) >= 11 is 0. The summed E-state index contributed by atoms with van der Waals surface area (Å²) in [7, 11) is 0. The van der Waals surface area contributed by atoms with E-state index in [4.69, 9.17) is 0 Å². The summed E-state index contributed by atoms with van der Waals surface area (Å²) in [4.78, 5) is 11.8. The van der Waals surface area contributed by atoms with E-state index < -0.39 is 0 Å². The van der Waals surface area contributed by atoms with Crippen molar-refractivity contribution in [3.63, 3.8) is 0 Å². The normalized spacial score (nSPS) is 24.9. The van der Waals surface area contributed by atoms with Crippen molar-refractivity contribution in [1.29, 1.82) is 0 Å². The summed E-state index contributed by atoms with van der Waals surface area (Å²) in [5, 5.41) is 0. The van der Waals surface area contributed by atoms with Crippen molar-refractivity contribution in [3.8, 4) is 0 Å². The van der Waals surface area contributed by atoms with Crippen LogP contribution < -0.4 is 0 Å². The average Bonchev–Trinajstić information content (AvgIpc) is 2.26. The number of Topliss-reactive ketones (excluding diaryl/α,β-unsaturated/α-hetero) is 1. The minimum absolute atomic E-state index is 0.469. The lowest BCUT2D eigenvalue weighted by Gasteiger charge is -2.20. The molecule has 0 bridgehead atoms. The summed E-state index contributed by atoms with van der Waals surface area (Å²) in [6.45, 7) is 0. The van der Waals surface area contributed by atoms with Gasteiger partial charge >= 0.3 is 0 Å². The highest BCUT2D eigenvalue weighted by atomic mass is 16.1. The van der Waals surface area contributed by atoms with Gasteiger partial charge in [0, 0.05) is 6.42 Å². The Morgan fingerprint density at radius 2 is 1.20 bits per heavy atom. The van der Waals surface area contributed by atoms with Crippen molar-refractivity contribution < 1.29 is 4.79 Å². The molecule has 1 nitrogen and oxygen atoms in total. The molecule has 0 spiro atoms. The van der Waals surface area contributed by atoms with Gasteiger partial charge in [0.15, 0.2) is 5.78 Å². The van der Waals surface area contributed by atoms with Gasteiger partial charge in [-0.15, -0.1) is 0 Å². The molecule has 0 radical (unpaired) electrons. The molecule has 0 aliphatic heterocycles. The van der Waals surface area contributed by atoms with Crippen LogP contribution in [-0.2, 0) is 4.79 Å². The van der Waals surface area contributed by atoms with Gasteiger partial charge in [0.2, 0.25) is 0 Å². The molecule has 0 heterocycles. The Labute approximate surface area is 92.9 Å². The molecule has 2 aliphatic carbocycles. The zero-order valence-corrected chi connectivity index (χ0v) is 9.69. The maximum Gasteiger partial charge on any atom is 0.158 e. The molecule has 15 heavy (non-hydrogen) atoms. The zero-order valence-electron chi connectivity index (χ0n) is 9.69. The fraction of sp³-hybridized carbons (Fsp3) is 0.786. The summed E-state index contributed by atoms with van der Waals surface area (Å²) in [5.74, 6) is 0.469. The molecule has 0 aromatic heterocycles. The fourth-order valence-electron chi connectivity index (χ4n) is 2.90. The highest BCUT2D eigenvalue weighted by molar-refractivity contribution is 5.96. The van der Waals surface area contributed by atoms with E-state index in [9.17, 15) is 4.79 Å². The highest BCUT2D eigenvalue weighted by Gasteiger charge is 2.19. The molecule has 0 saturated carbocycles. The smallest absolute Gasteiger partial charge is 0.158 e. The third-order valence-corrected chi connectivity index (χ3v) is 3.80. The van der Waals surface area contributed by atoms with Crippen LogP contribution in [0.1, 0.15) is 70.6 Å². The van der Waals surface area contributed by atoms with E-state index in [1.807, 2.05) is 0 Å². The minimum Gasteiger partial charge on any atom is -0.295 e. The van der Waals surface area contributed by atoms with Crippen LogP contribution in [0.5, 0.6) is 0 Å². The van der Waals surface area contributed by atoms with Crippen LogP contribution in [0.15, 0.2) is 11.1 Å². The summed E-state index contributed by atoms with van der Waals surface area (Å²) < 4.78 is 0. The Balaban J connectivity index is 2.09. The van der Waals surface area contributed by atoms with E-state index in [-0.39, 0.29) is 0 Å². The molecule has 2 aliphatic rings. The molecule has 84 valence electrons. The van der Waals surface area contributed by atoms with E-state index in [0.717, 1.165) is 19.3 Å². The van der Waals surface area contributed by atoms with Crippen LogP contribution in [0, 0.1) is 0 Å². The molecule has 0 amide bonds. The summed E-state index contributed by atoms with van der Waals surface area (Å²) in [5.41, 5.74) is 2.76. The lowest BCUT2D eigenvalue weighted by molar-refractivity contribution is -0.116. The fourth-order valence-corrected chi connectivity index (χ4v) is 2.90. The van der Waals surface area contributed by atoms with Crippen molar-refractivity contribution in [2.45, 2.75) is 70.6 Å². The number of ketones is 1. The maximum absolute atomic E-state index is 11.8. The molecule has 0 unspecified atom stereocenters. The Morgan fingerprint density at radius 1 is 0.600 bits per heavy atom. The van der Waals surface area contributed by atoms with E-state index in [0.29, 0.717) is 5.78 Å². The second-order valence-corrected chi connectivity index (χ2v) is 4.98. The van der Waals surface area contributed by atoms with Crippen molar-refractivity contribution in [1.82, 2.24) is 0 Å². The largest absolute Gasteiger partial charge is 0.295 e. The van der Waals surface area contributed by atoms with Crippen molar-refractivity contribution in [2.75, 3.05) is 0 Å². The van der Waals surface area contributed by atoms with Gasteiger partial charge < -0.3 is 0 Å². The topological polar surface area (TPSA) is 17.1 Å². The van der Waals surface area contributed by atoms with E-state index in [1.54, 1.807) is 0 Å². The monoisotopic (exact) mass is 206 g/mol.